The van der Waals surface area contributed by atoms with Gasteiger partial charge in [0.25, 0.3) is 0 Å². The Kier molecular flexibility index (Phi) is 5.73. The Morgan fingerprint density at radius 2 is 2.06 bits per heavy atom. The average molecular weight is 303 g/mol. The van der Waals surface area contributed by atoms with Crippen LogP contribution in [0.5, 0.6) is 0 Å². The predicted molar refractivity (Wildman–Crippen MR) is 73.4 cm³/mol. The molecule has 0 aliphatic carbocycles. The second kappa shape index (κ2) is 6.83. The smallest absolute Gasteiger partial charge is 0.166 e. The first kappa shape index (κ1) is 13.4. The Morgan fingerprint density at radius 3 is 2.62 bits per heavy atom. The number of hydrogen-bond acceptors (Lipinski definition) is 2. The molecule has 0 radical (unpaired) electrons. The summed E-state index contributed by atoms with van der Waals surface area (Å²) in [6, 6.07) is 8.22. The molecule has 0 aromatic heterocycles. The summed E-state index contributed by atoms with van der Waals surface area (Å²) in [4.78, 5) is 0. The molecule has 1 aromatic carbocycles. The molecule has 0 saturated heterocycles. The van der Waals surface area contributed by atoms with Gasteiger partial charge in [-0.05, 0) is 36.8 Å². The fraction of sp³-hybridized carbons (Fsp3) is 0.364. The van der Waals surface area contributed by atoms with Gasteiger partial charge in [-0.2, -0.15) is 0 Å². The maximum atomic E-state index is 8.64. The highest BCUT2D eigenvalue weighted by Gasteiger charge is 2.05. The number of nitrogens with one attached hydrogen (secondary N) is 2. The van der Waals surface area contributed by atoms with E-state index in [1.54, 1.807) is 0 Å². The molecule has 3 nitrogen and oxygen atoms in total. The van der Waals surface area contributed by atoms with Crippen molar-refractivity contribution in [2.24, 2.45) is 0 Å². The maximum absolute atomic E-state index is 8.64. The Bertz CT molecular complexity index is 342. The van der Waals surface area contributed by atoms with Gasteiger partial charge in [0.2, 0.25) is 0 Å². The van der Waals surface area contributed by atoms with E-state index in [0.29, 0.717) is 11.7 Å². The van der Waals surface area contributed by atoms with Crippen LogP contribution in [0.4, 0.5) is 0 Å². The zero-order chi connectivity index (χ0) is 12.0. The molecule has 3 N–H and O–H groups in total. The zero-order valence-electron chi connectivity index (χ0n) is 9.03. The number of aliphatic hydroxyl groups is 1. The van der Waals surface area contributed by atoms with Gasteiger partial charge in [0.05, 0.1) is 12.6 Å². The third-order valence-electron chi connectivity index (χ3n) is 2.11. The molecule has 88 valence electrons. The Hall–Kier alpha value is -0.650. The summed E-state index contributed by atoms with van der Waals surface area (Å²) in [5, 5.41) is 15.3. The first-order valence-corrected chi connectivity index (χ1v) is 6.24. The normalized spacial score (nSPS) is 11.9. The van der Waals surface area contributed by atoms with Gasteiger partial charge < -0.3 is 15.7 Å². The summed E-state index contributed by atoms with van der Waals surface area (Å²) in [6.45, 7) is 2.59. The molecule has 0 bridgehead atoms. The van der Waals surface area contributed by atoms with Crippen LogP contribution in [0.25, 0.3) is 0 Å². The molecule has 1 atom stereocenters. The molecule has 0 amide bonds. The van der Waals surface area contributed by atoms with Crippen molar-refractivity contribution in [1.29, 1.82) is 0 Å². The molecule has 5 heteroatoms. The highest BCUT2D eigenvalue weighted by Crippen LogP contribution is 2.16. The van der Waals surface area contributed by atoms with E-state index >= 15 is 0 Å². The maximum Gasteiger partial charge on any atom is 0.166 e. The Labute approximate surface area is 109 Å². The van der Waals surface area contributed by atoms with E-state index in [-0.39, 0.29) is 12.6 Å². The molecule has 1 aromatic rings. The number of halogens is 1. The summed E-state index contributed by atoms with van der Waals surface area (Å²) in [5.74, 6) is 0. The van der Waals surface area contributed by atoms with E-state index in [0.717, 1.165) is 10.0 Å². The summed E-state index contributed by atoms with van der Waals surface area (Å²) >= 11 is 8.47. The van der Waals surface area contributed by atoms with Gasteiger partial charge in [0.15, 0.2) is 5.11 Å². The van der Waals surface area contributed by atoms with Gasteiger partial charge in [-0.1, -0.05) is 28.1 Å². The molecule has 16 heavy (non-hydrogen) atoms. The fourth-order valence-electron chi connectivity index (χ4n) is 1.25. The van der Waals surface area contributed by atoms with E-state index in [4.69, 9.17) is 17.3 Å². The third kappa shape index (κ3) is 4.47. The van der Waals surface area contributed by atoms with Gasteiger partial charge in [0, 0.05) is 11.0 Å². The minimum absolute atomic E-state index is 0.0779. The van der Waals surface area contributed by atoms with Crippen molar-refractivity contribution < 1.29 is 5.11 Å². The lowest BCUT2D eigenvalue weighted by Gasteiger charge is -2.17. The number of aliphatic hydroxyl groups excluding tert-OH is 1. The summed E-state index contributed by atoms with van der Waals surface area (Å²) in [6.07, 6.45) is 0. The van der Waals surface area contributed by atoms with Crippen molar-refractivity contribution in [2.45, 2.75) is 13.0 Å². The Balaban J connectivity index is 2.48. The van der Waals surface area contributed by atoms with Gasteiger partial charge >= 0.3 is 0 Å². The topological polar surface area (TPSA) is 44.3 Å². The lowest BCUT2D eigenvalue weighted by Crippen LogP contribution is -2.38. The lowest BCUT2D eigenvalue weighted by atomic mass is 10.1. The van der Waals surface area contributed by atoms with Crippen LogP contribution >= 0.6 is 28.1 Å². The fourth-order valence-corrected chi connectivity index (χ4v) is 1.80. The summed E-state index contributed by atoms with van der Waals surface area (Å²) in [5.41, 5.74) is 1.16. The van der Waals surface area contributed by atoms with E-state index in [2.05, 4.69) is 26.6 Å². The third-order valence-corrected chi connectivity index (χ3v) is 2.91. The van der Waals surface area contributed by atoms with Crippen LogP contribution in [0.1, 0.15) is 18.5 Å². The van der Waals surface area contributed by atoms with Crippen LogP contribution < -0.4 is 10.6 Å². The average Bonchev–Trinajstić information content (AvgIpc) is 2.27. The Morgan fingerprint density at radius 1 is 1.44 bits per heavy atom. The van der Waals surface area contributed by atoms with E-state index in [1.807, 2.05) is 31.2 Å². The van der Waals surface area contributed by atoms with Crippen LogP contribution in [0.2, 0.25) is 0 Å². The molecule has 0 fully saturated rings. The number of hydrogen-bond donors (Lipinski definition) is 3. The van der Waals surface area contributed by atoms with Gasteiger partial charge in [-0.3, -0.25) is 0 Å². The molecule has 1 rings (SSSR count). The summed E-state index contributed by atoms with van der Waals surface area (Å²) < 4.78 is 1.06. The molecular formula is C11H15BrN2OS. The second-order valence-electron chi connectivity index (χ2n) is 3.40. The minimum atomic E-state index is 0.0779. The lowest BCUT2D eigenvalue weighted by molar-refractivity contribution is 0.300. The second-order valence-corrected chi connectivity index (χ2v) is 4.72. The molecule has 0 heterocycles. The van der Waals surface area contributed by atoms with Crippen LogP contribution in [0, 0.1) is 0 Å². The van der Waals surface area contributed by atoms with Gasteiger partial charge in [-0.25, -0.2) is 0 Å². The first-order chi connectivity index (χ1) is 7.63. The highest BCUT2D eigenvalue weighted by atomic mass is 79.9. The van der Waals surface area contributed by atoms with Crippen molar-refractivity contribution in [2.75, 3.05) is 13.2 Å². The van der Waals surface area contributed by atoms with Crippen LogP contribution in [0.3, 0.4) is 0 Å². The van der Waals surface area contributed by atoms with E-state index in [9.17, 15) is 0 Å². The molecular weight excluding hydrogens is 288 g/mol. The van der Waals surface area contributed by atoms with Gasteiger partial charge in [0.1, 0.15) is 0 Å². The number of thiocarbonyl (C=S) groups is 1. The van der Waals surface area contributed by atoms with Crippen LogP contribution in [-0.2, 0) is 0 Å². The monoisotopic (exact) mass is 302 g/mol. The van der Waals surface area contributed by atoms with Crippen molar-refractivity contribution in [3.63, 3.8) is 0 Å². The van der Waals surface area contributed by atoms with Crippen molar-refractivity contribution in [3.8, 4) is 0 Å². The van der Waals surface area contributed by atoms with Crippen molar-refractivity contribution in [3.05, 3.63) is 34.3 Å². The SMILES string of the molecule is C[C@@H](NC(=S)NCCO)c1ccc(Br)cc1. The highest BCUT2D eigenvalue weighted by molar-refractivity contribution is 9.10. The zero-order valence-corrected chi connectivity index (χ0v) is 11.4. The molecule has 0 aliphatic heterocycles. The molecule has 0 saturated carbocycles. The number of rotatable bonds is 4. The largest absolute Gasteiger partial charge is 0.395 e. The molecule has 0 unspecified atom stereocenters. The molecule has 0 spiro atoms. The number of benzene rings is 1. The van der Waals surface area contributed by atoms with Gasteiger partial charge in [-0.15, -0.1) is 0 Å². The molecule has 0 aliphatic rings. The summed E-state index contributed by atoms with van der Waals surface area (Å²) in [7, 11) is 0. The predicted octanol–water partition coefficient (Wildman–Crippen LogP) is 1.97. The van der Waals surface area contributed by atoms with Crippen LogP contribution in [0.15, 0.2) is 28.7 Å². The quantitative estimate of drug-likeness (QED) is 0.744. The van der Waals surface area contributed by atoms with Crippen LogP contribution in [-0.4, -0.2) is 23.4 Å². The van der Waals surface area contributed by atoms with E-state index < -0.39 is 0 Å². The van der Waals surface area contributed by atoms with E-state index in [1.165, 1.54) is 0 Å². The van der Waals surface area contributed by atoms with Crippen molar-refractivity contribution in [1.82, 2.24) is 10.6 Å². The van der Waals surface area contributed by atoms with Crippen molar-refractivity contribution >= 4 is 33.3 Å². The first-order valence-electron chi connectivity index (χ1n) is 5.04. The minimum Gasteiger partial charge on any atom is -0.395 e. The standard InChI is InChI=1S/C11H15BrN2OS/c1-8(14-11(16)13-6-7-15)9-2-4-10(12)5-3-9/h2-5,8,15H,6-7H2,1H3,(H2,13,14,16)/t8-/m1/s1.